The largest absolute Gasteiger partial charge is 0.504 e. The van der Waals surface area contributed by atoms with Crippen molar-refractivity contribution in [1.29, 1.82) is 0 Å². The lowest BCUT2D eigenvalue weighted by Gasteiger charge is -2.16. The van der Waals surface area contributed by atoms with Crippen LogP contribution in [0.4, 0.5) is 0 Å². The molecule has 0 atom stereocenters. The first-order valence-electron chi connectivity index (χ1n) is 10.2. The van der Waals surface area contributed by atoms with E-state index in [4.69, 9.17) is 9.84 Å². The van der Waals surface area contributed by atoms with Crippen molar-refractivity contribution in [2.24, 2.45) is 0 Å². The molecule has 0 aliphatic carbocycles. The van der Waals surface area contributed by atoms with E-state index in [-0.39, 0.29) is 11.3 Å². The Morgan fingerprint density at radius 3 is 2.19 bits per heavy atom. The molecule has 5 aromatic rings. The number of rotatable bonds is 4. The summed E-state index contributed by atoms with van der Waals surface area (Å²) in [6.45, 7) is 1.88. The first kappa shape index (κ1) is 19.6. The zero-order valence-corrected chi connectivity index (χ0v) is 17.7. The van der Waals surface area contributed by atoms with Gasteiger partial charge in [0.15, 0.2) is 17.1 Å². The minimum Gasteiger partial charge on any atom is -0.504 e. The second-order valence-corrected chi connectivity index (χ2v) is 7.51. The lowest BCUT2D eigenvalue weighted by atomic mass is 10.0. The molecule has 6 nitrogen and oxygen atoms in total. The zero-order valence-electron chi connectivity index (χ0n) is 17.7. The van der Waals surface area contributed by atoms with E-state index >= 15 is 0 Å². The van der Waals surface area contributed by atoms with E-state index in [2.05, 4.69) is 0 Å². The summed E-state index contributed by atoms with van der Waals surface area (Å²) in [7, 11) is 1.51. The summed E-state index contributed by atoms with van der Waals surface area (Å²) < 4.78 is 8.73. The molecule has 6 heteroatoms. The normalized spacial score (nSPS) is 11.1. The van der Waals surface area contributed by atoms with Crippen LogP contribution in [0.1, 0.15) is 5.69 Å². The molecule has 0 bridgehead atoms. The van der Waals surface area contributed by atoms with Gasteiger partial charge in [0, 0.05) is 23.4 Å². The molecule has 0 spiro atoms. The summed E-state index contributed by atoms with van der Waals surface area (Å²) in [4.78, 5) is 13.0. The molecule has 2 aromatic heterocycles. The number of fused-ring (bicyclic) bond motifs is 1. The molecule has 0 radical (unpaired) electrons. The van der Waals surface area contributed by atoms with E-state index in [0.29, 0.717) is 11.4 Å². The van der Waals surface area contributed by atoms with E-state index in [1.165, 1.54) is 11.6 Å². The van der Waals surface area contributed by atoms with Gasteiger partial charge in [-0.25, -0.2) is 0 Å². The van der Waals surface area contributed by atoms with Crippen LogP contribution < -0.4 is 10.3 Å². The van der Waals surface area contributed by atoms with E-state index < -0.39 is 0 Å². The minimum atomic E-state index is -0.209. The summed E-state index contributed by atoms with van der Waals surface area (Å²) in [6.07, 6.45) is 0. The molecule has 0 aliphatic heterocycles. The molecule has 32 heavy (non-hydrogen) atoms. The third kappa shape index (κ3) is 3.13. The van der Waals surface area contributed by atoms with Gasteiger partial charge in [0.25, 0.3) is 5.56 Å². The van der Waals surface area contributed by atoms with Crippen molar-refractivity contribution in [3.63, 3.8) is 0 Å². The third-order valence-corrected chi connectivity index (χ3v) is 5.50. The number of methoxy groups -OCH3 is 1. The quantitative estimate of drug-likeness (QED) is 0.449. The smallest absolute Gasteiger partial charge is 0.274 e. The van der Waals surface area contributed by atoms with Crippen molar-refractivity contribution in [3.8, 4) is 39.6 Å². The van der Waals surface area contributed by atoms with Crippen molar-refractivity contribution in [1.82, 2.24) is 14.2 Å². The highest BCUT2D eigenvalue weighted by Crippen LogP contribution is 2.37. The fourth-order valence-electron chi connectivity index (χ4n) is 4.04. The van der Waals surface area contributed by atoms with E-state index in [0.717, 1.165) is 33.8 Å². The van der Waals surface area contributed by atoms with Crippen LogP contribution in [0.5, 0.6) is 11.5 Å². The van der Waals surface area contributed by atoms with Crippen LogP contribution in [-0.4, -0.2) is 26.4 Å². The monoisotopic (exact) mass is 423 g/mol. The maximum atomic E-state index is 13.0. The molecule has 5 rings (SSSR count). The molecular weight excluding hydrogens is 402 g/mol. The minimum absolute atomic E-state index is 0.0488. The van der Waals surface area contributed by atoms with Crippen molar-refractivity contribution in [3.05, 3.63) is 101 Å². The molecule has 158 valence electrons. The lowest BCUT2D eigenvalue weighted by Crippen LogP contribution is -2.19. The fraction of sp³-hybridized carbons (Fsp3) is 0.0769. The topological polar surface area (TPSA) is 68.8 Å². The molecule has 0 saturated carbocycles. The van der Waals surface area contributed by atoms with Gasteiger partial charge >= 0.3 is 0 Å². The van der Waals surface area contributed by atoms with E-state index in [1.807, 2.05) is 72.2 Å². The first-order chi connectivity index (χ1) is 15.6. The molecule has 1 N–H and O–H groups in total. The van der Waals surface area contributed by atoms with Crippen molar-refractivity contribution < 1.29 is 9.84 Å². The number of aromatic nitrogens is 3. The predicted octanol–water partition coefficient (Wildman–Crippen LogP) is 4.84. The highest BCUT2D eigenvalue weighted by molar-refractivity contribution is 5.91. The Morgan fingerprint density at radius 2 is 1.53 bits per heavy atom. The predicted molar refractivity (Wildman–Crippen MR) is 125 cm³/mol. The van der Waals surface area contributed by atoms with Crippen LogP contribution in [0.25, 0.3) is 33.7 Å². The van der Waals surface area contributed by atoms with Gasteiger partial charge in [-0.1, -0.05) is 60.7 Å². The van der Waals surface area contributed by atoms with Crippen LogP contribution >= 0.6 is 0 Å². The summed E-state index contributed by atoms with van der Waals surface area (Å²) >= 11 is 0. The Hall–Kier alpha value is -4.32. The van der Waals surface area contributed by atoms with Crippen LogP contribution in [0.15, 0.2) is 89.7 Å². The summed E-state index contributed by atoms with van der Waals surface area (Å²) in [5, 5.41) is 14.8. The van der Waals surface area contributed by atoms with Crippen molar-refractivity contribution >= 4 is 5.65 Å². The molecule has 3 aromatic carbocycles. The molecule has 0 amide bonds. The molecule has 2 heterocycles. The number of aromatic hydroxyl groups is 1. The SMILES string of the molecule is COc1cc(-n2c(C)cc(=O)n3nc(-c4ccccc4)c(-c4ccccc4)c23)ccc1O. The van der Waals surface area contributed by atoms with Crippen LogP contribution in [-0.2, 0) is 0 Å². The highest BCUT2D eigenvalue weighted by Gasteiger charge is 2.22. The highest BCUT2D eigenvalue weighted by atomic mass is 16.5. The maximum absolute atomic E-state index is 13.0. The van der Waals surface area contributed by atoms with Crippen LogP contribution in [0, 0.1) is 6.92 Å². The van der Waals surface area contributed by atoms with Gasteiger partial charge in [0.2, 0.25) is 0 Å². The maximum Gasteiger partial charge on any atom is 0.274 e. The average molecular weight is 423 g/mol. The number of ether oxygens (including phenoxy) is 1. The van der Waals surface area contributed by atoms with Gasteiger partial charge in [-0.2, -0.15) is 9.61 Å². The molecular formula is C26H21N3O3. The summed E-state index contributed by atoms with van der Waals surface area (Å²) in [5.41, 5.74) is 5.37. The Bertz CT molecular complexity index is 1490. The Balaban J connectivity index is 1.95. The van der Waals surface area contributed by atoms with Gasteiger partial charge in [0.1, 0.15) is 5.69 Å². The van der Waals surface area contributed by atoms with Crippen LogP contribution in [0.3, 0.4) is 0 Å². The van der Waals surface area contributed by atoms with Gasteiger partial charge in [0.05, 0.1) is 18.4 Å². The Kier molecular flexibility index (Phi) is 4.75. The number of benzene rings is 3. The van der Waals surface area contributed by atoms with Crippen molar-refractivity contribution in [2.75, 3.05) is 7.11 Å². The van der Waals surface area contributed by atoms with Crippen molar-refractivity contribution in [2.45, 2.75) is 6.92 Å². The van der Waals surface area contributed by atoms with Gasteiger partial charge in [-0.05, 0) is 24.6 Å². The standard InChI is InChI=1S/C26H21N3O3/c1-17-15-23(31)29-26(28(17)20-13-14-21(30)22(16-20)32-2)24(18-9-5-3-6-10-18)25(27-29)19-11-7-4-8-12-19/h3-16,30H,1-2H3. The fourth-order valence-corrected chi connectivity index (χ4v) is 4.04. The summed E-state index contributed by atoms with van der Waals surface area (Å²) in [6, 6.07) is 26.4. The molecule has 0 aliphatic rings. The third-order valence-electron chi connectivity index (χ3n) is 5.50. The number of aryl methyl sites for hydroxylation is 1. The number of phenolic OH excluding ortho intramolecular Hbond substituents is 1. The van der Waals surface area contributed by atoms with E-state index in [9.17, 15) is 9.90 Å². The zero-order chi connectivity index (χ0) is 22.2. The second-order valence-electron chi connectivity index (χ2n) is 7.51. The van der Waals surface area contributed by atoms with Gasteiger partial charge in [-0.3, -0.25) is 9.36 Å². The Morgan fingerprint density at radius 1 is 0.875 bits per heavy atom. The Labute approximate surface area is 184 Å². The van der Waals surface area contributed by atoms with Gasteiger partial charge < -0.3 is 9.84 Å². The summed E-state index contributed by atoms with van der Waals surface area (Å²) in [5.74, 6) is 0.399. The number of hydrogen-bond donors (Lipinski definition) is 1. The average Bonchev–Trinajstić information content (AvgIpc) is 3.22. The van der Waals surface area contributed by atoms with Crippen LogP contribution in [0.2, 0.25) is 0 Å². The number of phenols is 1. The second kappa shape index (κ2) is 7.74. The van der Waals surface area contributed by atoms with Gasteiger partial charge in [-0.15, -0.1) is 0 Å². The number of nitrogens with zero attached hydrogens (tertiary/aromatic N) is 3. The molecule has 0 unspecified atom stereocenters. The first-order valence-corrected chi connectivity index (χ1v) is 10.2. The molecule has 0 fully saturated rings. The lowest BCUT2D eigenvalue weighted by molar-refractivity contribution is 0.373. The number of hydrogen-bond acceptors (Lipinski definition) is 4. The van der Waals surface area contributed by atoms with E-state index in [1.54, 1.807) is 24.3 Å². The molecule has 0 saturated heterocycles.